The second-order valence-corrected chi connectivity index (χ2v) is 5.89. The predicted molar refractivity (Wildman–Crippen MR) is 79.5 cm³/mol. The molecule has 1 aromatic carbocycles. The molecule has 0 atom stereocenters. The maximum Gasteiger partial charge on any atom is 0.101 e. The fraction of sp³-hybridized carbons (Fsp3) is 0.533. The van der Waals surface area contributed by atoms with Crippen LogP contribution in [0.25, 0.3) is 0 Å². The molecular weight excluding hydrogens is 258 g/mol. The molecule has 102 valence electrons. The van der Waals surface area contributed by atoms with E-state index in [0.717, 1.165) is 12.2 Å². The summed E-state index contributed by atoms with van der Waals surface area (Å²) in [4.78, 5) is 2.33. The van der Waals surface area contributed by atoms with Gasteiger partial charge in [-0.05, 0) is 45.1 Å². The van der Waals surface area contributed by atoms with Crippen molar-refractivity contribution in [3.8, 4) is 6.07 Å². The summed E-state index contributed by atoms with van der Waals surface area (Å²) in [5.41, 5.74) is 1.76. The lowest BCUT2D eigenvalue weighted by Crippen LogP contribution is -2.47. The molecule has 1 N–H and O–H groups in total. The normalized spacial score (nSPS) is 17.4. The first-order valence-corrected chi connectivity index (χ1v) is 7.06. The zero-order chi connectivity index (χ0) is 13.9. The van der Waals surface area contributed by atoms with Crippen molar-refractivity contribution in [2.24, 2.45) is 0 Å². The van der Waals surface area contributed by atoms with E-state index in [1.807, 2.05) is 12.1 Å². The topological polar surface area (TPSA) is 39.1 Å². The van der Waals surface area contributed by atoms with Gasteiger partial charge in [-0.1, -0.05) is 24.4 Å². The highest BCUT2D eigenvalue weighted by Gasteiger charge is 2.35. The molecule has 0 aromatic heterocycles. The Morgan fingerprint density at radius 3 is 2.58 bits per heavy atom. The zero-order valence-electron chi connectivity index (χ0n) is 11.5. The summed E-state index contributed by atoms with van der Waals surface area (Å²) in [6, 6.07) is 7.59. The fourth-order valence-electron chi connectivity index (χ4n) is 2.80. The van der Waals surface area contributed by atoms with Crippen LogP contribution in [0.4, 0.5) is 5.69 Å². The largest absolute Gasteiger partial charge is 0.383 e. The molecule has 0 amide bonds. The van der Waals surface area contributed by atoms with E-state index >= 15 is 0 Å². The summed E-state index contributed by atoms with van der Waals surface area (Å²) in [5.74, 6) is 0. The molecule has 1 aromatic rings. The number of nitriles is 1. The molecule has 0 radical (unpaired) electrons. The minimum Gasteiger partial charge on any atom is -0.383 e. The molecule has 1 aliphatic carbocycles. The van der Waals surface area contributed by atoms with Crippen LogP contribution in [-0.2, 0) is 0 Å². The van der Waals surface area contributed by atoms with Crippen LogP contribution >= 0.6 is 11.6 Å². The number of likely N-dealkylation sites (N-methyl/N-ethyl adjacent to an activating group) is 1. The Morgan fingerprint density at radius 1 is 1.37 bits per heavy atom. The molecule has 1 fully saturated rings. The number of benzene rings is 1. The Balaban J connectivity index is 2.06. The molecule has 1 saturated carbocycles. The number of hydrogen-bond acceptors (Lipinski definition) is 3. The van der Waals surface area contributed by atoms with Crippen LogP contribution in [0.3, 0.4) is 0 Å². The molecule has 0 bridgehead atoms. The molecule has 0 unspecified atom stereocenters. The lowest BCUT2D eigenvalue weighted by Gasteiger charge is -2.36. The molecule has 0 saturated heterocycles. The molecule has 3 nitrogen and oxygen atoms in total. The van der Waals surface area contributed by atoms with Gasteiger partial charge >= 0.3 is 0 Å². The first-order chi connectivity index (χ1) is 9.07. The summed E-state index contributed by atoms with van der Waals surface area (Å²) in [6.07, 6.45) is 5.07. The molecule has 1 aliphatic rings. The molecule has 2 rings (SSSR count). The first kappa shape index (κ1) is 14.2. The number of halogens is 1. The van der Waals surface area contributed by atoms with Gasteiger partial charge in [0.15, 0.2) is 0 Å². The van der Waals surface area contributed by atoms with E-state index in [0.29, 0.717) is 10.6 Å². The van der Waals surface area contributed by atoms with Gasteiger partial charge in [-0.2, -0.15) is 5.26 Å². The highest BCUT2D eigenvalue weighted by atomic mass is 35.5. The minimum absolute atomic E-state index is 0.250. The summed E-state index contributed by atoms with van der Waals surface area (Å²) in [6.45, 7) is 0.919. The Kier molecular flexibility index (Phi) is 4.34. The Labute approximate surface area is 120 Å². The molecule has 4 heteroatoms. The van der Waals surface area contributed by atoms with Crippen LogP contribution < -0.4 is 5.32 Å². The standard InChI is InChI=1S/C15H20ClN3/c1-19(2)15(7-3-4-8-15)11-18-13-6-5-12(10-17)14(16)9-13/h5-6,9,18H,3-4,7-8,11H2,1-2H3. The van der Waals surface area contributed by atoms with Gasteiger partial charge in [-0.15, -0.1) is 0 Å². The zero-order valence-corrected chi connectivity index (χ0v) is 12.3. The van der Waals surface area contributed by atoms with Crippen molar-refractivity contribution in [3.63, 3.8) is 0 Å². The van der Waals surface area contributed by atoms with E-state index in [4.69, 9.17) is 16.9 Å². The maximum atomic E-state index is 8.86. The Morgan fingerprint density at radius 2 is 2.05 bits per heavy atom. The van der Waals surface area contributed by atoms with Gasteiger partial charge in [0, 0.05) is 17.8 Å². The number of hydrogen-bond donors (Lipinski definition) is 1. The van der Waals surface area contributed by atoms with E-state index in [1.54, 1.807) is 6.07 Å². The number of nitrogens with one attached hydrogen (secondary N) is 1. The van der Waals surface area contributed by atoms with Gasteiger partial charge in [0.2, 0.25) is 0 Å². The summed E-state index contributed by atoms with van der Waals surface area (Å²) >= 11 is 6.05. The van der Waals surface area contributed by atoms with Crippen LogP contribution in [0, 0.1) is 11.3 Å². The minimum atomic E-state index is 0.250. The van der Waals surface area contributed by atoms with Gasteiger partial charge in [-0.3, -0.25) is 0 Å². The Hall–Kier alpha value is -1.24. The Bertz CT molecular complexity index is 485. The third kappa shape index (κ3) is 3.02. The maximum absolute atomic E-state index is 8.86. The van der Waals surface area contributed by atoms with Gasteiger partial charge < -0.3 is 10.2 Å². The smallest absolute Gasteiger partial charge is 0.101 e. The van der Waals surface area contributed by atoms with E-state index in [-0.39, 0.29) is 5.54 Å². The average Bonchev–Trinajstić information content (AvgIpc) is 2.86. The predicted octanol–water partition coefficient (Wildman–Crippen LogP) is 3.50. The number of anilines is 1. The van der Waals surface area contributed by atoms with Gasteiger partial charge in [0.1, 0.15) is 6.07 Å². The third-order valence-corrected chi connectivity index (χ3v) is 4.51. The molecule has 19 heavy (non-hydrogen) atoms. The van der Waals surface area contributed by atoms with Crippen LogP contribution in [0.5, 0.6) is 0 Å². The van der Waals surface area contributed by atoms with Gasteiger partial charge in [0.25, 0.3) is 0 Å². The summed E-state index contributed by atoms with van der Waals surface area (Å²) < 4.78 is 0. The third-order valence-electron chi connectivity index (χ3n) is 4.19. The van der Waals surface area contributed by atoms with E-state index in [1.165, 1.54) is 25.7 Å². The van der Waals surface area contributed by atoms with E-state index in [9.17, 15) is 0 Å². The molecule has 0 heterocycles. The monoisotopic (exact) mass is 277 g/mol. The summed E-state index contributed by atoms with van der Waals surface area (Å²) in [5, 5.41) is 12.8. The van der Waals surface area contributed by atoms with Crippen molar-refractivity contribution < 1.29 is 0 Å². The first-order valence-electron chi connectivity index (χ1n) is 6.68. The van der Waals surface area contributed by atoms with Crippen molar-refractivity contribution in [1.82, 2.24) is 4.90 Å². The van der Waals surface area contributed by atoms with Crippen LogP contribution in [0.15, 0.2) is 18.2 Å². The average molecular weight is 278 g/mol. The fourth-order valence-corrected chi connectivity index (χ4v) is 3.02. The lowest BCUT2D eigenvalue weighted by molar-refractivity contribution is 0.172. The molecule has 0 aliphatic heterocycles. The van der Waals surface area contributed by atoms with Crippen molar-refractivity contribution in [2.75, 3.05) is 26.0 Å². The molecule has 0 spiro atoms. The lowest BCUT2D eigenvalue weighted by atomic mass is 9.96. The van der Waals surface area contributed by atoms with Crippen LogP contribution in [0.2, 0.25) is 5.02 Å². The van der Waals surface area contributed by atoms with Crippen LogP contribution in [0.1, 0.15) is 31.2 Å². The number of rotatable bonds is 4. The second kappa shape index (κ2) is 5.81. The number of nitrogens with zero attached hydrogens (tertiary/aromatic N) is 2. The van der Waals surface area contributed by atoms with Crippen molar-refractivity contribution in [1.29, 1.82) is 5.26 Å². The van der Waals surface area contributed by atoms with Gasteiger partial charge in [-0.25, -0.2) is 0 Å². The summed E-state index contributed by atoms with van der Waals surface area (Å²) in [7, 11) is 4.30. The van der Waals surface area contributed by atoms with Crippen LogP contribution in [-0.4, -0.2) is 31.1 Å². The highest BCUT2D eigenvalue weighted by Crippen LogP contribution is 2.34. The quantitative estimate of drug-likeness (QED) is 0.916. The van der Waals surface area contributed by atoms with Crippen molar-refractivity contribution in [2.45, 2.75) is 31.2 Å². The van der Waals surface area contributed by atoms with Crippen molar-refractivity contribution >= 4 is 17.3 Å². The van der Waals surface area contributed by atoms with E-state index in [2.05, 4.69) is 30.4 Å². The van der Waals surface area contributed by atoms with Crippen molar-refractivity contribution in [3.05, 3.63) is 28.8 Å². The highest BCUT2D eigenvalue weighted by molar-refractivity contribution is 6.32. The van der Waals surface area contributed by atoms with Gasteiger partial charge in [0.05, 0.1) is 10.6 Å². The van der Waals surface area contributed by atoms with E-state index < -0.39 is 0 Å². The SMILES string of the molecule is CN(C)C1(CNc2ccc(C#N)c(Cl)c2)CCCC1. The second-order valence-electron chi connectivity index (χ2n) is 5.49. The molecular formula is C15H20ClN3.